The summed E-state index contributed by atoms with van der Waals surface area (Å²) in [6.45, 7) is 2.06. The summed E-state index contributed by atoms with van der Waals surface area (Å²) in [6, 6.07) is 29.6. The molecule has 1 aliphatic heterocycles. The molecule has 0 bridgehead atoms. The SMILES string of the molecule is CCOC(=O)/C=C(\NP1(=O)[C@H](c2ccccc2)CC[C@H]1c1ccccc1)c1ccccc1. The van der Waals surface area contributed by atoms with Crippen molar-refractivity contribution >= 4 is 19.0 Å². The lowest BCUT2D eigenvalue weighted by Gasteiger charge is -2.29. The van der Waals surface area contributed by atoms with Gasteiger partial charge in [-0.3, -0.25) is 4.57 Å². The highest BCUT2D eigenvalue weighted by molar-refractivity contribution is 7.63. The predicted octanol–water partition coefficient (Wildman–Crippen LogP) is 6.73. The smallest absolute Gasteiger partial charge is 0.332 e. The first-order valence-electron chi connectivity index (χ1n) is 11.0. The maximum atomic E-state index is 14.9. The number of carbonyl (C=O) groups is 1. The summed E-state index contributed by atoms with van der Waals surface area (Å²) in [4.78, 5) is 12.4. The Labute approximate surface area is 189 Å². The Morgan fingerprint density at radius 3 is 1.81 bits per heavy atom. The average molecular weight is 445 g/mol. The van der Waals surface area contributed by atoms with E-state index in [1.54, 1.807) is 6.92 Å². The predicted molar refractivity (Wildman–Crippen MR) is 129 cm³/mol. The highest BCUT2D eigenvalue weighted by Gasteiger charge is 2.48. The van der Waals surface area contributed by atoms with Crippen molar-refractivity contribution in [3.05, 3.63) is 114 Å². The third-order valence-electron chi connectivity index (χ3n) is 5.94. The molecule has 4 rings (SSSR count). The van der Waals surface area contributed by atoms with Gasteiger partial charge in [-0.2, -0.15) is 0 Å². The summed E-state index contributed by atoms with van der Waals surface area (Å²) in [5.41, 5.74) is 3.19. The number of hydrogen-bond donors (Lipinski definition) is 1. The molecule has 1 fully saturated rings. The third kappa shape index (κ3) is 4.71. The summed E-state index contributed by atoms with van der Waals surface area (Å²) >= 11 is 0. The van der Waals surface area contributed by atoms with Crippen LogP contribution in [0.3, 0.4) is 0 Å². The van der Waals surface area contributed by atoms with Crippen molar-refractivity contribution in [2.45, 2.75) is 31.1 Å². The minimum absolute atomic E-state index is 0.136. The van der Waals surface area contributed by atoms with Crippen LogP contribution >= 0.6 is 7.29 Å². The zero-order chi connectivity index (χ0) is 22.4. The quantitative estimate of drug-likeness (QED) is 0.249. The zero-order valence-corrected chi connectivity index (χ0v) is 19.1. The molecule has 2 atom stereocenters. The van der Waals surface area contributed by atoms with Crippen molar-refractivity contribution in [1.82, 2.24) is 5.09 Å². The topological polar surface area (TPSA) is 55.4 Å². The lowest BCUT2D eigenvalue weighted by atomic mass is 10.0. The summed E-state index contributed by atoms with van der Waals surface area (Å²) in [6.07, 6.45) is 3.06. The van der Waals surface area contributed by atoms with Gasteiger partial charge in [-0.25, -0.2) is 4.79 Å². The van der Waals surface area contributed by atoms with Gasteiger partial charge < -0.3 is 9.82 Å². The van der Waals surface area contributed by atoms with E-state index in [-0.39, 0.29) is 17.9 Å². The molecule has 5 heteroatoms. The lowest BCUT2D eigenvalue weighted by Crippen LogP contribution is -2.17. The minimum Gasteiger partial charge on any atom is -0.463 e. The Morgan fingerprint density at radius 1 is 0.875 bits per heavy atom. The first kappa shape index (κ1) is 22.1. The minimum atomic E-state index is -3.06. The van der Waals surface area contributed by atoms with E-state index < -0.39 is 13.3 Å². The monoisotopic (exact) mass is 445 g/mol. The van der Waals surface area contributed by atoms with Crippen LogP contribution in [-0.4, -0.2) is 12.6 Å². The van der Waals surface area contributed by atoms with E-state index >= 15 is 0 Å². The highest BCUT2D eigenvalue weighted by Crippen LogP contribution is 2.74. The second kappa shape index (κ2) is 10.0. The summed E-state index contributed by atoms with van der Waals surface area (Å²) < 4.78 is 20.1. The highest BCUT2D eigenvalue weighted by atomic mass is 31.2. The molecule has 0 unspecified atom stereocenters. The lowest BCUT2D eigenvalue weighted by molar-refractivity contribution is -0.137. The molecule has 4 nitrogen and oxygen atoms in total. The maximum Gasteiger partial charge on any atom is 0.332 e. The number of esters is 1. The second-order valence-electron chi connectivity index (χ2n) is 7.93. The molecule has 0 aliphatic carbocycles. The number of nitrogens with one attached hydrogen (secondary N) is 1. The Kier molecular flexibility index (Phi) is 6.92. The van der Waals surface area contributed by atoms with Gasteiger partial charge in [0, 0.05) is 6.08 Å². The Morgan fingerprint density at radius 2 is 1.34 bits per heavy atom. The van der Waals surface area contributed by atoms with E-state index in [0.29, 0.717) is 5.70 Å². The van der Waals surface area contributed by atoms with Gasteiger partial charge in [0.25, 0.3) is 0 Å². The summed E-state index contributed by atoms with van der Waals surface area (Å²) in [5.74, 6) is -0.447. The number of hydrogen-bond acceptors (Lipinski definition) is 3. The van der Waals surface area contributed by atoms with E-state index in [4.69, 9.17) is 4.74 Å². The summed E-state index contributed by atoms with van der Waals surface area (Å²) in [7, 11) is -3.06. The molecule has 32 heavy (non-hydrogen) atoms. The third-order valence-corrected chi connectivity index (χ3v) is 9.49. The molecule has 0 aromatic heterocycles. The molecule has 1 aliphatic rings. The molecule has 3 aromatic carbocycles. The molecule has 0 radical (unpaired) electrons. The van der Waals surface area contributed by atoms with Gasteiger partial charge in [0.2, 0.25) is 0 Å². The van der Waals surface area contributed by atoms with Gasteiger partial charge in [-0.15, -0.1) is 0 Å². The van der Waals surface area contributed by atoms with Crippen LogP contribution in [0.1, 0.15) is 47.8 Å². The van der Waals surface area contributed by atoms with Crippen molar-refractivity contribution in [3.8, 4) is 0 Å². The van der Waals surface area contributed by atoms with E-state index in [2.05, 4.69) is 5.09 Å². The Balaban J connectivity index is 1.79. The maximum absolute atomic E-state index is 14.9. The van der Waals surface area contributed by atoms with E-state index in [1.165, 1.54) is 6.08 Å². The van der Waals surface area contributed by atoms with Crippen molar-refractivity contribution in [1.29, 1.82) is 0 Å². The molecule has 3 aromatic rings. The van der Waals surface area contributed by atoms with Crippen LogP contribution in [0.15, 0.2) is 97.1 Å². The van der Waals surface area contributed by atoms with Crippen LogP contribution in [0.5, 0.6) is 0 Å². The molecular formula is C27H28NO3P. The standard InChI is InChI=1S/C27H28NO3P/c1-2-31-27(29)20-24(21-12-6-3-7-13-21)28-32(30)25(22-14-8-4-9-15-22)18-19-26(32)23-16-10-5-11-17-23/h3-17,20,25-26H,2,18-19H2,1H3,(H,28,30)/b24-20-/t25-,26-/m0/s1. The van der Waals surface area contributed by atoms with Crippen LogP contribution in [0.4, 0.5) is 0 Å². The van der Waals surface area contributed by atoms with Gasteiger partial charge in [0.05, 0.1) is 23.6 Å². The number of ether oxygens (including phenoxy) is 1. The number of carbonyl (C=O) groups excluding carboxylic acids is 1. The van der Waals surface area contributed by atoms with Crippen molar-refractivity contribution in [2.24, 2.45) is 0 Å². The molecule has 0 spiro atoms. The van der Waals surface area contributed by atoms with Gasteiger partial charge >= 0.3 is 5.97 Å². The normalized spacial score (nSPS) is 20.0. The van der Waals surface area contributed by atoms with Gasteiger partial charge in [-0.05, 0) is 36.5 Å². The molecule has 1 N–H and O–H groups in total. The van der Waals surface area contributed by atoms with Crippen molar-refractivity contribution in [2.75, 3.05) is 6.61 Å². The Bertz CT molecular complexity index is 1060. The van der Waals surface area contributed by atoms with Crippen LogP contribution in [0, 0.1) is 0 Å². The fourth-order valence-corrected chi connectivity index (χ4v) is 8.10. The molecule has 164 valence electrons. The van der Waals surface area contributed by atoms with E-state index in [1.807, 2.05) is 91.0 Å². The Hall–Kier alpha value is -3.10. The molecule has 0 amide bonds. The average Bonchev–Trinajstić information content (AvgIpc) is 3.17. The van der Waals surface area contributed by atoms with Crippen molar-refractivity contribution < 1.29 is 14.1 Å². The van der Waals surface area contributed by atoms with Gasteiger partial charge in [-0.1, -0.05) is 91.0 Å². The van der Waals surface area contributed by atoms with Gasteiger partial charge in [0.1, 0.15) is 0 Å². The van der Waals surface area contributed by atoms with Crippen LogP contribution in [0.25, 0.3) is 5.70 Å². The first-order chi connectivity index (χ1) is 15.6. The van der Waals surface area contributed by atoms with Crippen LogP contribution < -0.4 is 5.09 Å². The molecule has 0 saturated carbocycles. The van der Waals surface area contributed by atoms with Crippen LogP contribution in [-0.2, 0) is 14.1 Å². The summed E-state index contributed by atoms with van der Waals surface area (Å²) in [5, 5.41) is 3.41. The van der Waals surface area contributed by atoms with Gasteiger partial charge in [0.15, 0.2) is 7.29 Å². The fraction of sp³-hybridized carbons (Fsp3) is 0.222. The molecule has 1 heterocycles. The second-order valence-corrected chi connectivity index (χ2v) is 10.8. The van der Waals surface area contributed by atoms with Crippen molar-refractivity contribution in [3.63, 3.8) is 0 Å². The zero-order valence-electron chi connectivity index (χ0n) is 18.2. The number of benzene rings is 3. The fourth-order valence-electron chi connectivity index (χ4n) is 4.49. The first-order valence-corrected chi connectivity index (χ1v) is 12.9. The number of rotatable bonds is 7. The van der Waals surface area contributed by atoms with E-state index in [9.17, 15) is 9.36 Å². The largest absolute Gasteiger partial charge is 0.463 e. The molecular weight excluding hydrogens is 417 g/mol. The molecule has 1 saturated heterocycles. The van der Waals surface area contributed by atoms with Crippen LogP contribution in [0.2, 0.25) is 0 Å². The van der Waals surface area contributed by atoms with E-state index in [0.717, 1.165) is 29.5 Å².